The molecule has 0 atom stereocenters. The summed E-state index contributed by atoms with van der Waals surface area (Å²) in [6.45, 7) is 4.67. The van der Waals surface area contributed by atoms with E-state index in [0.717, 1.165) is 6.42 Å². The van der Waals surface area contributed by atoms with E-state index >= 15 is 0 Å². The van der Waals surface area contributed by atoms with Crippen LogP contribution >= 0.6 is 0 Å². The van der Waals surface area contributed by atoms with Crippen molar-refractivity contribution >= 4 is 5.97 Å². The molecule has 2 nitrogen and oxygen atoms in total. The molecule has 0 spiro atoms. The van der Waals surface area contributed by atoms with Crippen molar-refractivity contribution in [2.45, 2.75) is 84.5 Å². The third kappa shape index (κ3) is 15.2. The normalized spacial score (nSPS) is 11.1. The lowest BCUT2D eigenvalue weighted by atomic mass is 10.1. The fourth-order valence-electron chi connectivity index (χ4n) is 1.92. The second-order valence-corrected chi connectivity index (χ2v) is 5.10. The molecule has 0 fully saturated rings. The molecule has 19 heavy (non-hydrogen) atoms. The van der Waals surface area contributed by atoms with Gasteiger partial charge in [0.25, 0.3) is 0 Å². The van der Waals surface area contributed by atoms with Crippen LogP contribution < -0.4 is 0 Å². The maximum Gasteiger partial charge on any atom is 0.305 e. The molecule has 0 N–H and O–H groups in total. The highest BCUT2D eigenvalue weighted by atomic mass is 16.5. The van der Waals surface area contributed by atoms with Gasteiger partial charge in [0.15, 0.2) is 0 Å². The van der Waals surface area contributed by atoms with Crippen LogP contribution in [0, 0.1) is 0 Å². The van der Waals surface area contributed by atoms with Gasteiger partial charge in [0.2, 0.25) is 0 Å². The van der Waals surface area contributed by atoms with Crippen LogP contribution in [0.4, 0.5) is 0 Å². The molecular formula is C17H32O2. The molecule has 0 unspecified atom stereocenters. The van der Waals surface area contributed by atoms with E-state index in [4.69, 9.17) is 4.74 Å². The van der Waals surface area contributed by atoms with E-state index < -0.39 is 0 Å². The van der Waals surface area contributed by atoms with Gasteiger partial charge in [-0.05, 0) is 25.7 Å². The highest BCUT2D eigenvalue weighted by molar-refractivity contribution is 5.68. The van der Waals surface area contributed by atoms with Crippen molar-refractivity contribution < 1.29 is 9.53 Å². The minimum absolute atomic E-state index is 0.0742. The number of hydrogen-bond donors (Lipinski definition) is 0. The number of carbonyl (C=O) groups is 1. The van der Waals surface area contributed by atoms with Gasteiger partial charge < -0.3 is 4.74 Å². The Hall–Kier alpha value is -0.790. The highest BCUT2D eigenvalue weighted by Crippen LogP contribution is 2.08. The summed E-state index contributed by atoms with van der Waals surface area (Å²) in [5.74, 6) is -0.0742. The van der Waals surface area contributed by atoms with Crippen molar-refractivity contribution in [2.75, 3.05) is 6.61 Å². The molecule has 0 aromatic heterocycles. The molecule has 0 aromatic carbocycles. The summed E-state index contributed by atoms with van der Waals surface area (Å²) in [5, 5.41) is 0. The number of carbonyl (C=O) groups excluding carboxylic acids is 1. The lowest BCUT2D eigenvalue weighted by molar-refractivity contribution is -0.143. The predicted octanol–water partition coefficient (Wildman–Crippen LogP) is 5.42. The molecule has 0 aliphatic rings. The van der Waals surface area contributed by atoms with E-state index in [1.54, 1.807) is 0 Å². The second kappa shape index (κ2) is 15.3. The Morgan fingerprint density at radius 2 is 1.42 bits per heavy atom. The van der Waals surface area contributed by atoms with Crippen molar-refractivity contribution in [3.05, 3.63) is 12.2 Å². The van der Waals surface area contributed by atoms with Crippen LogP contribution in [0.25, 0.3) is 0 Å². The highest BCUT2D eigenvalue weighted by Gasteiger charge is 1.97. The average molecular weight is 268 g/mol. The fourth-order valence-corrected chi connectivity index (χ4v) is 1.92. The van der Waals surface area contributed by atoms with Gasteiger partial charge in [-0.25, -0.2) is 0 Å². The molecule has 0 amide bonds. The molecule has 112 valence electrons. The Bertz CT molecular complexity index is 221. The van der Waals surface area contributed by atoms with Gasteiger partial charge in [0.05, 0.1) is 6.61 Å². The lowest BCUT2D eigenvalue weighted by Crippen LogP contribution is -2.03. The molecule has 0 bridgehead atoms. The van der Waals surface area contributed by atoms with Gasteiger partial charge in [0, 0.05) is 6.42 Å². The van der Waals surface area contributed by atoms with Crippen molar-refractivity contribution in [1.82, 2.24) is 0 Å². The Labute approximate surface area is 119 Å². The molecule has 0 aliphatic carbocycles. The van der Waals surface area contributed by atoms with Crippen LogP contribution in [-0.2, 0) is 9.53 Å². The maximum absolute atomic E-state index is 10.9. The molecule has 0 aliphatic heterocycles. The van der Waals surface area contributed by atoms with Crippen LogP contribution in [-0.4, -0.2) is 12.6 Å². The number of unbranched alkanes of at least 4 members (excludes halogenated alkanes) is 8. The fraction of sp³-hybridized carbons (Fsp3) is 0.824. The number of ether oxygens (including phenoxy) is 1. The van der Waals surface area contributed by atoms with Gasteiger partial charge in [-0.2, -0.15) is 0 Å². The zero-order chi connectivity index (χ0) is 14.2. The molecule has 0 rings (SSSR count). The van der Waals surface area contributed by atoms with Crippen molar-refractivity contribution in [3.8, 4) is 0 Å². The lowest BCUT2D eigenvalue weighted by Gasteiger charge is -2.03. The molecule has 0 saturated heterocycles. The Morgan fingerprint density at radius 1 is 0.842 bits per heavy atom. The SMILES string of the molecule is CCCC/C=C\CCCCCCCCOC(=O)CC. The zero-order valence-corrected chi connectivity index (χ0v) is 13.0. The third-order valence-corrected chi connectivity index (χ3v) is 3.21. The summed E-state index contributed by atoms with van der Waals surface area (Å²) in [7, 11) is 0. The average Bonchev–Trinajstić information content (AvgIpc) is 2.43. The van der Waals surface area contributed by atoms with Gasteiger partial charge >= 0.3 is 5.97 Å². The Balaban J connectivity index is 3.06. The van der Waals surface area contributed by atoms with Crippen molar-refractivity contribution in [1.29, 1.82) is 0 Å². The number of allylic oxidation sites excluding steroid dienone is 2. The second-order valence-electron chi connectivity index (χ2n) is 5.10. The topological polar surface area (TPSA) is 26.3 Å². The van der Waals surface area contributed by atoms with Crippen LogP contribution in [0.3, 0.4) is 0 Å². The van der Waals surface area contributed by atoms with E-state index in [1.807, 2.05) is 6.92 Å². The van der Waals surface area contributed by atoms with E-state index in [2.05, 4.69) is 19.1 Å². The maximum atomic E-state index is 10.9. The van der Waals surface area contributed by atoms with Crippen LogP contribution in [0.5, 0.6) is 0 Å². The van der Waals surface area contributed by atoms with E-state index in [-0.39, 0.29) is 5.97 Å². The van der Waals surface area contributed by atoms with Crippen molar-refractivity contribution in [3.63, 3.8) is 0 Å². The minimum atomic E-state index is -0.0742. The van der Waals surface area contributed by atoms with Crippen LogP contribution in [0.15, 0.2) is 12.2 Å². The van der Waals surface area contributed by atoms with E-state index in [0.29, 0.717) is 13.0 Å². The summed E-state index contributed by atoms with van der Waals surface area (Å²) < 4.78 is 5.03. The molecule has 0 saturated carbocycles. The summed E-state index contributed by atoms with van der Waals surface area (Å²) >= 11 is 0. The summed E-state index contributed by atoms with van der Waals surface area (Å²) in [4.78, 5) is 10.9. The largest absolute Gasteiger partial charge is 0.466 e. The standard InChI is InChI=1S/C17H32O2/c1-3-5-6-7-8-9-10-11-12-13-14-15-16-19-17(18)4-2/h7-8H,3-6,9-16H2,1-2H3/b8-7-. The quantitative estimate of drug-likeness (QED) is 0.253. The summed E-state index contributed by atoms with van der Waals surface area (Å²) in [5.41, 5.74) is 0. The number of esters is 1. The molecule has 2 heteroatoms. The number of rotatable bonds is 13. The van der Waals surface area contributed by atoms with Gasteiger partial charge in [-0.1, -0.05) is 64.5 Å². The van der Waals surface area contributed by atoms with E-state index in [1.165, 1.54) is 57.8 Å². The van der Waals surface area contributed by atoms with Crippen molar-refractivity contribution in [2.24, 2.45) is 0 Å². The first-order valence-corrected chi connectivity index (χ1v) is 8.11. The summed E-state index contributed by atoms with van der Waals surface area (Å²) in [6, 6.07) is 0. The predicted molar refractivity (Wildman–Crippen MR) is 82.2 cm³/mol. The number of hydrogen-bond acceptors (Lipinski definition) is 2. The first-order chi connectivity index (χ1) is 9.31. The first kappa shape index (κ1) is 18.2. The smallest absolute Gasteiger partial charge is 0.305 e. The first-order valence-electron chi connectivity index (χ1n) is 8.11. The Morgan fingerprint density at radius 3 is 2.05 bits per heavy atom. The molecule has 0 heterocycles. The minimum Gasteiger partial charge on any atom is -0.466 e. The van der Waals surface area contributed by atoms with Crippen LogP contribution in [0.2, 0.25) is 0 Å². The molecule has 0 radical (unpaired) electrons. The zero-order valence-electron chi connectivity index (χ0n) is 13.0. The third-order valence-electron chi connectivity index (χ3n) is 3.21. The van der Waals surface area contributed by atoms with E-state index in [9.17, 15) is 4.79 Å². The monoisotopic (exact) mass is 268 g/mol. The Kier molecular flexibility index (Phi) is 14.6. The van der Waals surface area contributed by atoms with Gasteiger partial charge in [-0.3, -0.25) is 4.79 Å². The molecular weight excluding hydrogens is 236 g/mol. The van der Waals surface area contributed by atoms with Gasteiger partial charge in [0.1, 0.15) is 0 Å². The summed E-state index contributed by atoms with van der Waals surface area (Å²) in [6.07, 6.45) is 17.7. The van der Waals surface area contributed by atoms with Gasteiger partial charge in [-0.15, -0.1) is 0 Å². The van der Waals surface area contributed by atoms with Crippen LogP contribution in [0.1, 0.15) is 84.5 Å². The molecule has 0 aromatic rings.